The van der Waals surface area contributed by atoms with E-state index >= 15 is 0 Å². The fraction of sp³-hybridized carbons (Fsp3) is 0.583. The van der Waals surface area contributed by atoms with Crippen LogP contribution in [0.5, 0.6) is 0 Å². The van der Waals surface area contributed by atoms with Crippen molar-refractivity contribution in [3.8, 4) is 0 Å². The van der Waals surface area contributed by atoms with E-state index in [0.717, 1.165) is 28.6 Å². The third-order valence-corrected chi connectivity index (χ3v) is 5.94. The van der Waals surface area contributed by atoms with Crippen LogP contribution in [-0.4, -0.2) is 40.3 Å². The molecule has 1 aromatic rings. The lowest BCUT2D eigenvalue weighted by molar-refractivity contribution is 0.0592. The summed E-state index contributed by atoms with van der Waals surface area (Å²) >= 11 is 3.79. The van der Waals surface area contributed by atoms with Gasteiger partial charge in [0, 0.05) is 35.9 Å². The molecule has 2 aliphatic heterocycles. The predicted octanol–water partition coefficient (Wildman–Crippen LogP) is 1.39. The molecule has 0 spiro atoms. The fourth-order valence-corrected chi connectivity index (χ4v) is 4.83. The molecular formula is C12H15N3O2S2. The van der Waals surface area contributed by atoms with Gasteiger partial charge in [-0.05, 0) is 0 Å². The van der Waals surface area contributed by atoms with E-state index in [-0.39, 0.29) is 11.2 Å². The van der Waals surface area contributed by atoms with Crippen molar-refractivity contribution in [3.05, 3.63) is 22.8 Å². The molecule has 3 rings (SSSR count). The molecule has 0 amide bonds. The number of hydrogen-bond donors (Lipinski definition) is 1. The summed E-state index contributed by atoms with van der Waals surface area (Å²) in [5, 5.41) is 3.50. The molecule has 3 heterocycles. The Balaban J connectivity index is 1.99. The SMILES string of the molecule is COC(=O)c1nc(C2CSCCS2)nc2c1CNC2. The van der Waals surface area contributed by atoms with Crippen molar-refractivity contribution in [2.45, 2.75) is 18.3 Å². The summed E-state index contributed by atoms with van der Waals surface area (Å²) in [5.74, 6) is 3.72. The first-order chi connectivity index (χ1) is 9.29. The van der Waals surface area contributed by atoms with Crippen molar-refractivity contribution in [2.24, 2.45) is 0 Å². The van der Waals surface area contributed by atoms with Crippen molar-refractivity contribution < 1.29 is 9.53 Å². The molecule has 1 saturated heterocycles. The maximum absolute atomic E-state index is 11.9. The number of ether oxygens (including phenoxy) is 1. The number of nitrogens with one attached hydrogen (secondary N) is 1. The summed E-state index contributed by atoms with van der Waals surface area (Å²) in [6.07, 6.45) is 0. The molecular weight excluding hydrogens is 282 g/mol. The van der Waals surface area contributed by atoms with Gasteiger partial charge in [0.25, 0.3) is 0 Å². The second-order valence-corrected chi connectivity index (χ2v) is 6.85. The lowest BCUT2D eigenvalue weighted by Crippen LogP contribution is -2.16. The largest absolute Gasteiger partial charge is 0.464 e. The van der Waals surface area contributed by atoms with Crippen molar-refractivity contribution in [1.29, 1.82) is 0 Å². The van der Waals surface area contributed by atoms with Gasteiger partial charge in [-0.3, -0.25) is 0 Å². The Labute approximate surface area is 120 Å². The highest BCUT2D eigenvalue weighted by Crippen LogP contribution is 2.35. The van der Waals surface area contributed by atoms with Gasteiger partial charge in [0.2, 0.25) is 0 Å². The standard InChI is InChI=1S/C12H15N3O2S2/c1-17-12(16)10-7-4-13-5-8(7)14-11(15-10)9-6-18-2-3-19-9/h9,13H,2-6H2,1H3. The van der Waals surface area contributed by atoms with Crippen molar-refractivity contribution in [3.63, 3.8) is 0 Å². The van der Waals surface area contributed by atoms with E-state index in [1.807, 2.05) is 23.5 Å². The number of carbonyl (C=O) groups excluding carboxylic acids is 1. The van der Waals surface area contributed by atoms with E-state index in [0.29, 0.717) is 18.8 Å². The molecule has 0 aromatic carbocycles. The molecule has 1 atom stereocenters. The van der Waals surface area contributed by atoms with Gasteiger partial charge in [-0.1, -0.05) is 0 Å². The smallest absolute Gasteiger partial charge is 0.357 e. The highest BCUT2D eigenvalue weighted by atomic mass is 32.2. The molecule has 2 aliphatic rings. The summed E-state index contributed by atoms with van der Waals surface area (Å²) in [5.41, 5.74) is 2.27. The summed E-state index contributed by atoms with van der Waals surface area (Å²) < 4.78 is 4.83. The quantitative estimate of drug-likeness (QED) is 0.827. The van der Waals surface area contributed by atoms with Crippen LogP contribution in [0.4, 0.5) is 0 Å². The van der Waals surface area contributed by atoms with E-state index in [1.54, 1.807) is 0 Å². The lowest BCUT2D eigenvalue weighted by Gasteiger charge is -2.20. The van der Waals surface area contributed by atoms with Crippen LogP contribution in [0.3, 0.4) is 0 Å². The number of thioether (sulfide) groups is 2. The molecule has 1 fully saturated rings. The van der Waals surface area contributed by atoms with Crippen LogP contribution >= 0.6 is 23.5 Å². The Kier molecular flexibility index (Phi) is 3.95. The van der Waals surface area contributed by atoms with Crippen LogP contribution in [0.2, 0.25) is 0 Å². The van der Waals surface area contributed by atoms with Gasteiger partial charge in [-0.25, -0.2) is 14.8 Å². The summed E-state index contributed by atoms with van der Waals surface area (Å²) in [6.45, 7) is 1.35. The van der Waals surface area contributed by atoms with Gasteiger partial charge in [0.1, 0.15) is 5.82 Å². The van der Waals surface area contributed by atoms with Crippen molar-refractivity contribution in [2.75, 3.05) is 24.4 Å². The van der Waals surface area contributed by atoms with Crippen LogP contribution in [0.25, 0.3) is 0 Å². The minimum absolute atomic E-state index is 0.285. The molecule has 0 aliphatic carbocycles. The number of hydrogen-bond acceptors (Lipinski definition) is 7. The van der Waals surface area contributed by atoms with Crippen LogP contribution in [-0.2, 0) is 17.8 Å². The van der Waals surface area contributed by atoms with Crippen LogP contribution in [0.1, 0.15) is 32.8 Å². The fourth-order valence-electron chi connectivity index (χ4n) is 2.23. The summed E-state index contributed by atoms with van der Waals surface area (Å²) in [6, 6.07) is 0. The number of carbonyl (C=O) groups is 1. The zero-order valence-electron chi connectivity index (χ0n) is 10.6. The number of rotatable bonds is 2. The number of esters is 1. The molecule has 0 bridgehead atoms. The van der Waals surface area contributed by atoms with Gasteiger partial charge in [-0.15, -0.1) is 11.8 Å². The highest BCUT2D eigenvalue weighted by Gasteiger charge is 2.27. The van der Waals surface area contributed by atoms with Crippen molar-refractivity contribution >= 4 is 29.5 Å². The minimum atomic E-state index is -0.364. The average molecular weight is 297 g/mol. The normalized spacial score (nSPS) is 22.1. The minimum Gasteiger partial charge on any atom is -0.464 e. The number of fused-ring (bicyclic) bond motifs is 1. The second kappa shape index (κ2) is 5.68. The molecule has 1 unspecified atom stereocenters. The highest BCUT2D eigenvalue weighted by molar-refractivity contribution is 8.06. The molecule has 0 saturated carbocycles. The molecule has 1 N–H and O–H groups in total. The zero-order chi connectivity index (χ0) is 13.2. The first kappa shape index (κ1) is 13.2. The van der Waals surface area contributed by atoms with E-state index in [4.69, 9.17) is 4.74 Å². The van der Waals surface area contributed by atoms with E-state index in [1.165, 1.54) is 12.9 Å². The molecule has 5 nitrogen and oxygen atoms in total. The summed E-state index contributed by atoms with van der Waals surface area (Å²) in [7, 11) is 1.39. The Morgan fingerprint density at radius 2 is 2.26 bits per heavy atom. The Hall–Kier alpha value is -0.790. The van der Waals surface area contributed by atoms with Crippen LogP contribution < -0.4 is 5.32 Å². The van der Waals surface area contributed by atoms with Crippen LogP contribution in [0, 0.1) is 0 Å². The van der Waals surface area contributed by atoms with E-state index < -0.39 is 0 Å². The molecule has 0 radical (unpaired) electrons. The number of nitrogens with zero attached hydrogens (tertiary/aromatic N) is 2. The number of methoxy groups -OCH3 is 1. The summed E-state index contributed by atoms with van der Waals surface area (Å²) in [4.78, 5) is 21.0. The molecule has 19 heavy (non-hydrogen) atoms. The van der Waals surface area contributed by atoms with Gasteiger partial charge in [0.15, 0.2) is 5.69 Å². The van der Waals surface area contributed by atoms with Crippen molar-refractivity contribution in [1.82, 2.24) is 15.3 Å². The van der Waals surface area contributed by atoms with E-state index in [2.05, 4.69) is 15.3 Å². The van der Waals surface area contributed by atoms with E-state index in [9.17, 15) is 4.79 Å². The lowest BCUT2D eigenvalue weighted by atomic mass is 10.2. The monoisotopic (exact) mass is 297 g/mol. The van der Waals surface area contributed by atoms with Gasteiger partial charge in [0.05, 0.1) is 18.1 Å². The van der Waals surface area contributed by atoms with Gasteiger partial charge >= 0.3 is 5.97 Å². The maximum Gasteiger partial charge on any atom is 0.357 e. The van der Waals surface area contributed by atoms with Crippen LogP contribution in [0.15, 0.2) is 0 Å². The Morgan fingerprint density at radius 1 is 1.37 bits per heavy atom. The van der Waals surface area contributed by atoms with Gasteiger partial charge in [-0.2, -0.15) is 11.8 Å². The van der Waals surface area contributed by atoms with Gasteiger partial charge < -0.3 is 10.1 Å². The topological polar surface area (TPSA) is 64.1 Å². The third kappa shape index (κ3) is 2.59. The molecule has 7 heteroatoms. The molecule has 102 valence electrons. The zero-order valence-corrected chi connectivity index (χ0v) is 12.3. The Morgan fingerprint density at radius 3 is 3.00 bits per heavy atom. The first-order valence-corrected chi connectivity index (χ1v) is 8.38. The second-order valence-electron chi connectivity index (χ2n) is 4.39. The number of aromatic nitrogens is 2. The predicted molar refractivity (Wildman–Crippen MR) is 76.4 cm³/mol. The maximum atomic E-state index is 11.9. The first-order valence-electron chi connectivity index (χ1n) is 6.17. The molecule has 1 aromatic heterocycles. The Bertz CT molecular complexity index is 504. The average Bonchev–Trinajstić information content (AvgIpc) is 2.94. The third-order valence-electron chi connectivity index (χ3n) is 3.19.